The smallest absolute Gasteiger partial charge is 0.323 e. The fourth-order valence-corrected chi connectivity index (χ4v) is 3.70. The number of aromatic nitrogens is 2. The molecule has 186 valence electrons. The van der Waals surface area contributed by atoms with Crippen LogP contribution in [0.4, 0.5) is 25.1 Å². The minimum Gasteiger partial charge on any atom is -0.436 e. The van der Waals surface area contributed by atoms with Crippen molar-refractivity contribution in [2.45, 2.75) is 19.3 Å². The van der Waals surface area contributed by atoms with Crippen molar-refractivity contribution in [2.24, 2.45) is 0 Å². The second-order valence-electron chi connectivity index (χ2n) is 7.92. The van der Waals surface area contributed by atoms with Crippen molar-refractivity contribution < 1.29 is 23.1 Å². The number of hydrogen-bond donors (Lipinski definition) is 3. The summed E-state index contributed by atoms with van der Waals surface area (Å²) in [7, 11) is 0. The number of halogens is 2. The molecule has 0 aliphatic carbocycles. The van der Waals surface area contributed by atoms with Crippen LogP contribution in [-0.2, 0) is 11.2 Å². The maximum absolute atomic E-state index is 14.6. The van der Waals surface area contributed by atoms with Crippen LogP contribution in [0, 0.1) is 11.6 Å². The number of hydrogen-bond acceptors (Lipinski definition) is 6. The summed E-state index contributed by atoms with van der Waals surface area (Å²) in [5, 5.41) is 7.86. The van der Waals surface area contributed by atoms with Gasteiger partial charge in [-0.25, -0.2) is 23.5 Å². The molecule has 0 saturated carbocycles. The van der Waals surface area contributed by atoms with Crippen LogP contribution in [0.5, 0.6) is 11.6 Å². The Morgan fingerprint density at radius 2 is 1.75 bits per heavy atom. The van der Waals surface area contributed by atoms with Gasteiger partial charge in [0.15, 0.2) is 16.7 Å². The van der Waals surface area contributed by atoms with E-state index < -0.39 is 17.5 Å². The van der Waals surface area contributed by atoms with Crippen molar-refractivity contribution in [1.29, 1.82) is 0 Å². The van der Waals surface area contributed by atoms with Crippen molar-refractivity contribution in [1.82, 2.24) is 20.2 Å². The molecule has 2 aromatic carbocycles. The Hall–Kier alpha value is -4.19. The Morgan fingerprint density at radius 1 is 1.00 bits per heavy atom. The Balaban J connectivity index is 1.31. The van der Waals surface area contributed by atoms with E-state index in [1.54, 1.807) is 4.90 Å². The summed E-state index contributed by atoms with van der Waals surface area (Å²) in [6.45, 7) is 1.38. The molecule has 0 radical (unpaired) electrons. The lowest BCUT2D eigenvalue weighted by molar-refractivity contribution is -0.119. The number of amides is 3. The molecule has 1 aliphatic heterocycles. The minimum atomic E-state index is -0.707. The van der Waals surface area contributed by atoms with E-state index in [2.05, 4.69) is 25.9 Å². The topological polar surface area (TPSA) is 108 Å². The zero-order valence-corrected chi connectivity index (χ0v) is 19.8. The van der Waals surface area contributed by atoms with Gasteiger partial charge in [-0.15, -0.1) is 0 Å². The quantitative estimate of drug-likeness (QED) is 0.424. The third kappa shape index (κ3) is 6.92. The van der Waals surface area contributed by atoms with Crippen molar-refractivity contribution in [2.75, 3.05) is 23.7 Å². The number of rotatable bonds is 6. The molecule has 9 nitrogen and oxygen atoms in total. The molecule has 3 aromatic rings. The zero-order chi connectivity index (χ0) is 25.5. The zero-order valence-electron chi connectivity index (χ0n) is 19.0. The molecule has 1 fully saturated rings. The summed E-state index contributed by atoms with van der Waals surface area (Å²) in [4.78, 5) is 34.0. The normalized spacial score (nSPS) is 12.7. The van der Waals surface area contributed by atoms with E-state index in [1.165, 1.54) is 48.8 Å². The molecular weight excluding hydrogens is 490 g/mol. The van der Waals surface area contributed by atoms with Crippen LogP contribution in [0.3, 0.4) is 0 Å². The van der Waals surface area contributed by atoms with Crippen LogP contribution < -0.4 is 20.7 Å². The van der Waals surface area contributed by atoms with Crippen LogP contribution in [-0.4, -0.2) is 45.0 Å². The highest BCUT2D eigenvalue weighted by molar-refractivity contribution is 7.80. The number of nitrogens with one attached hydrogen (secondary N) is 3. The predicted octanol–water partition coefficient (Wildman–Crippen LogP) is 4.23. The van der Waals surface area contributed by atoms with Crippen molar-refractivity contribution in [3.05, 3.63) is 72.1 Å². The lowest BCUT2D eigenvalue weighted by Crippen LogP contribution is -2.35. The number of nitrogens with zero attached hydrogens (tertiary/aromatic N) is 3. The number of benzene rings is 2. The number of carbonyl (C=O) groups is 2. The van der Waals surface area contributed by atoms with Gasteiger partial charge in [0.1, 0.15) is 18.0 Å². The van der Waals surface area contributed by atoms with Gasteiger partial charge >= 0.3 is 6.03 Å². The van der Waals surface area contributed by atoms with Gasteiger partial charge < -0.3 is 20.3 Å². The van der Waals surface area contributed by atoms with Crippen LogP contribution in [0.15, 0.2) is 54.9 Å². The SMILES string of the molecule is O=C(Cc1ccc(F)cc1)NC(=S)Nc1ccc(Oc2cc(NC(=O)N3CCCC3)ncn2)c(F)c1. The molecule has 3 N–H and O–H groups in total. The van der Waals surface area contributed by atoms with Gasteiger partial charge in [0, 0.05) is 30.9 Å². The van der Waals surface area contributed by atoms with Gasteiger partial charge in [0.05, 0.1) is 6.42 Å². The maximum Gasteiger partial charge on any atom is 0.323 e. The highest BCUT2D eigenvalue weighted by Crippen LogP contribution is 2.26. The molecular formula is C24H22F2N6O3S. The van der Waals surface area contributed by atoms with Crippen molar-refractivity contribution >= 4 is 40.8 Å². The maximum atomic E-state index is 14.6. The van der Waals surface area contributed by atoms with Crippen molar-refractivity contribution in [3.8, 4) is 11.6 Å². The molecule has 1 saturated heterocycles. The Morgan fingerprint density at radius 3 is 2.47 bits per heavy atom. The molecule has 4 rings (SSSR count). The highest BCUT2D eigenvalue weighted by Gasteiger charge is 2.18. The monoisotopic (exact) mass is 512 g/mol. The van der Waals surface area contributed by atoms with Gasteiger partial charge in [-0.05, 0) is 54.9 Å². The number of carbonyl (C=O) groups excluding carboxylic acids is 2. The van der Waals surface area contributed by atoms with Gasteiger partial charge in [0.2, 0.25) is 11.8 Å². The number of likely N-dealkylation sites (tertiary alicyclic amines) is 1. The molecule has 1 aliphatic rings. The Bertz CT molecular complexity index is 1270. The molecule has 1 aromatic heterocycles. The molecule has 0 bridgehead atoms. The average Bonchev–Trinajstić information content (AvgIpc) is 3.38. The van der Waals surface area contributed by atoms with E-state index in [0.717, 1.165) is 18.9 Å². The molecule has 0 spiro atoms. The largest absolute Gasteiger partial charge is 0.436 e. The molecule has 36 heavy (non-hydrogen) atoms. The van der Waals surface area contributed by atoms with Crippen LogP contribution in [0.2, 0.25) is 0 Å². The molecule has 3 amide bonds. The summed E-state index contributed by atoms with van der Waals surface area (Å²) in [6.07, 6.45) is 3.13. The predicted molar refractivity (Wildman–Crippen MR) is 133 cm³/mol. The van der Waals surface area contributed by atoms with Gasteiger partial charge in [-0.2, -0.15) is 0 Å². The van der Waals surface area contributed by atoms with E-state index in [4.69, 9.17) is 17.0 Å². The van der Waals surface area contributed by atoms with Crippen LogP contribution in [0.1, 0.15) is 18.4 Å². The first-order valence-corrected chi connectivity index (χ1v) is 11.5. The molecule has 2 heterocycles. The van der Waals surface area contributed by atoms with Gasteiger partial charge in [-0.1, -0.05) is 12.1 Å². The first-order chi connectivity index (χ1) is 17.4. The fraction of sp³-hybridized carbons (Fsp3) is 0.208. The lowest BCUT2D eigenvalue weighted by atomic mass is 10.1. The molecule has 12 heteroatoms. The number of thiocarbonyl (C=S) groups is 1. The Labute approximate surface area is 210 Å². The summed E-state index contributed by atoms with van der Waals surface area (Å²) in [5.74, 6) is -1.34. The third-order valence-corrected chi connectivity index (χ3v) is 5.41. The second kappa shape index (κ2) is 11.5. The van der Waals surface area contributed by atoms with Crippen LogP contribution >= 0.6 is 12.2 Å². The van der Waals surface area contributed by atoms with E-state index in [9.17, 15) is 18.4 Å². The van der Waals surface area contributed by atoms with Crippen LogP contribution in [0.25, 0.3) is 0 Å². The first-order valence-electron chi connectivity index (χ1n) is 11.1. The summed E-state index contributed by atoms with van der Waals surface area (Å²) >= 11 is 5.11. The van der Waals surface area contributed by atoms with Gasteiger partial charge in [0.25, 0.3) is 0 Å². The summed E-state index contributed by atoms with van der Waals surface area (Å²) < 4.78 is 33.1. The fourth-order valence-electron chi connectivity index (χ4n) is 3.47. The molecule has 0 atom stereocenters. The number of anilines is 2. The summed E-state index contributed by atoms with van der Waals surface area (Å²) in [5.41, 5.74) is 0.904. The standard InChI is InChI=1S/C24H22F2N6O3S/c25-16-5-3-15(4-6-16)11-21(33)31-23(36)29-17-7-8-19(18(26)12-17)35-22-13-20(27-14-28-22)30-24(34)32-9-1-2-10-32/h3-8,12-14H,1-2,9-11H2,(H,27,28,30,34)(H2,29,31,33,36). The lowest BCUT2D eigenvalue weighted by Gasteiger charge is -2.15. The minimum absolute atomic E-state index is 0.00262. The van der Waals surface area contributed by atoms with E-state index in [0.29, 0.717) is 18.7 Å². The first kappa shape index (κ1) is 24.9. The second-order valence-corrected chi connectivity index (χ2v) is 8.33. The summed E-state index contributed by atoms with van der Waals surface area (Å²) in [6, 6.07) is 10.7. The van der Waals surface area contributed by atoms with Gasteiger partial charge in [-0.3, -0.25) is 10.1 Å². The Kier molecular flexibility index (Phi) is 7.95. The van der Waals surface area contributed by atoms with E-state index in [1.807, 2.05) is 0 Å². The average molecular weight is 513 g/mol. The van der Waals surface area contributed by atoms with E-state index >= 15 is 0 Å². The van der Waals surface area contributed by atoms with E-state index in [-0.39, 0.29) is 40.7 Å². The van der Waals surface area contributed by atoms with Crippen molar-refractivity contribution in [3.63, 3.8) is 0 Å². The number of urea groups is 1. The molecule has 0 unspecified atom stereocenters. The number of ether oxygens (including phenoxy) is 1. The third-order valence-electron chi connectivity index (χ3n) is 5.21. The highest BCUT2D eigenvalue weighted by atomic mass is 32.1.